The van der Waals surface area contributed by atoms with Crippen LogP contribution in [0.4, 0.5) is 4.39 Å². The van der Waals surface area contributed by atoms with Gasteiger partial charge in [0.25, 0.3) is 5.91 Å². The Balaban J connectivity index is 1.79. The van der Waals surface area contributed by atoms with Gasteiger partial charge in [-0.15, -0.1) is 0 Å². The Morgan fingerprint density at radius 2 is 2.16 bits per heavy atom. The predicted molar refractivity (Wildman–Crippen MR) is 71.6 cm³/mol. The van der Waals surface area contributed by atoms with Crippen molar-refractivity contribution < 1.29 is 18.7 Å². The maximum absolute atomic E-state index is 13.1. The average Bonchev–Trinajstić information content (AvgIpc) is 2.36. The third-order valence-corrected chi connectivity index (χ3v) is 3.25. The number of ether oxygens (including phenoxy) is 2. The van der Waals surface area contributed by atoms with Gasteiger partial charge in [0, 0.05) is 29.8 Å². The Kier molecular flexibility index (Phi) is 5.15. The highest BCUT2D eigenvalue weighted by Crippen LogP contribution is 2.20. The van der Waals surface area contributed by atoms with Gasteiger partial charge < -0.3 is 14.8 Å². The zero-order chi connectivity index (χ0) is 13.7. The summed E-state index contributed by atoms with van der Waals surface area (Å²) in [5.41, 5.74) is 0. The summed E-state index contributed by atoms with van der Waals surface area (Å²) in [4.78, 5) is 11.7. The monoisotopic (exact) mass is 331 g/mol. The van der Waals surface area contributed by atoms with Gasteiger partial charge in [0.1, 0.15) is 11.6 Å². The molecule has 4 nitrogen and oxygen atoms in total. The minimum Gasteiger partial charge on any atom is -0.484 e. The van der Waals surface area contributed by atoms with Crippen LogP contribution in [0, 0.1) is 5.82 Å². The topological polar surface area (TPSA) is 47.6 Å². The third-order valence-electron chi connectivity index (χ3n) is 2.79. The number of rotatable bonds is 4. The van der Waals surface area contributed by atoms with Crippen molar-refractivity contribution >= 4 is 21.8 Å². The number of halogens is 2. The summed E-state index contributed by atoms with van der Waals surface area (Å²) < 4.78 is 24.1. The molecule has 1 aliphatic heterocycles. The Bertz CT molecular complexity index is 429. The molecule has 0 aromatic heterocycles. The summed E-state index contributed by atoms with van der Waals surface area (Å²) in [5.74, 6) is -0.282. The first-order valence-electron chi connectivity index (χ1n) is 6.09. The van der Waals surface area contributed by atoms with E-state index in [0.29, 0.717) is 23.4 Å². The molecule has 1 fully saturated rings. The fourth-order valence-electron chi connectivity index (χ4n) is 1.87. The normalized spacial score (nSPS) is 16.1. The number of amides is 1. The van der Waals surface area contributed by atoms with Gasteiger partial charge in [-0.3, -0.25) is 4.79 Å². The Morgan fingerprint density at radius 1 is 1.42 bits per heavy atom. The lowest BCUT2D eigenvalue weighted by Crippen LogP contribution is -2.41. The number of nitrogens with one attached hydrogen (secondary N) is 1. The SMILES string of the molecule is O=C(COc1cc(F)cc(Br)c1)NC1CCOCC1. The van der Waals surface area contributed by atoms with Crippen molar-refractivity contribution in [2.75, 3.05) is 19.8 Å². The highest BCUT2D eigenvalue weighted by molar-refractivity contribution is 9.10. The van der Waals surface area contributed by atoms with E-state index in [0.717, 1.165) is 12.8 Å². The van der Waals surface area contributed by atoms with Gasteiger partial charge in [-0.2, -0.15) is 0 Å². The molecule has 1 aromatic rings. The van der Waals surface area contributed by atoms with Gasteiger partial charge in [-0.05, 0) is 25.0 Å². The van der Waals surface area contributed by atoms with Crippen LogP contribution in [0.3, 0.4) is 0 Å². The van der Waals surface area contributed by atoms with Crippen LogP contribution in [0.15, 0.2) is 22.7 Å². The first kappa shape index (κ1) is 14.3. The van der Waals surface area contributed by atoms with E-state index < -0.39 is 5.82 Å². The van der Waals surface area contributed by atoms with Crippen molar-refractivity contribution in [2.45, 2.75) is 18.9 Å². The molecule has 0 radical (unpaired) electrons. The van der Waals surface area contributed by atoms with E-state index in [1.165, 1.54) is 12.1 Å². The molecular formula is C13H15BrFNO3. The molecule has 1 aromatic carbocycles. The van der Waals surface area contributed by atoms with E-state index in [1.54, 1.807) is 6.07 Å². The lowest BCUT2D eigenvalue weighted by Gasteiger charge is -2.23. The van der Waals surface area contributed by atoms with Crippen LogP contribution < -0.4 is 10.1 Å². The fraction of sp³-hybridized carbons (Fsp3) is 0.462. The van der Waals surface area contributed by atoms with E-state index in [4.69, 9.17) is 9.47 Å². The lowest BCUT2D eigenvalue weighted by molar-refractivity contribution is -0.124. The molecule has 0 atom stereocenters. The van der Waals surface area contributed by atoms with Crippen LogP contribution in [-0.4, -0.2) is 31.8 Å². The molecule has 1 N–H and O–H groups in total. The van der Waals surface area contributed by atoms with E-state index in [1.807, 2.05) is 0 Å². The number of hydrogen-bond donors (Lipinski definition) is 1. The maximum atomic E-state index is 13.1. The molecule has 0 aliphatic carbocycles. The quantitative estimate of drug-likeness (QED) is 0.920. The van der Waals surface area contributed by atoms with E-state index in [9.17, 15) is 9.18 Å². The first-order chi connectivity index (χ1) is 9.13. The largest absolute Gasteiger partial charge is 0.484 e. The van der Waals surface area contributed by atoms with E-state index in [2.05, 4.69) is 21.2 Å². The van der Waals surface area contributed by atoms with Crippen LogP contribution in [-0.2, 0) is 9.53 Å². The molecule has 1 saturated heterocycles. The molecule has 2 rings (SSSR count). The highest BCUT2D eigenvalue weighted by Gasteiger charge is 2.16. The van der Waals surface area contributed by atoms with Crippen LogP contribution >= 0.6 is 15.9 Å². The second-order valence-electron chi connectivity index (χ2n) is 4.35. The van der Waals surface area contributed by atoms with Crippen molar-refractivity contribution in [2.24, 2.45) is 0 Å². The van der Waals surface area contributed by atoms with Crippen molar-refractivity contribution in [3.63, 3.8) is 0 Å². The zero-order valence-electron chi connectivity index (χ0n) is 10.3. The Labute approximate surface area is 119 Å². The molecule has 104 valence electrons. The van der Waals surface area contributed by atoms with Crippen molar-refractivity contribution in [1.29, 1.82) is 0 Å². The second-order valence-corrected chi connectivity index (χ2v) is 5.26. The maximum Gasteiger partial charge on any atom is 0.258 e. The Morgan fingerprint density at radius 3 is 2.84 bits per heavy atom. The molecule has 0 unspecified atom stereocenters. The van der Waals surface area contributed by atoms with Gasteiger partial charge in [0.15, 0.2) is 6.61 Å². The molecule has 1 heterocycles. The van der Waals surface area contributed by atoms with Gasteiger partial charge >= 0.3 is 0 Å². The molecule has 6 heteroatoms. The van der Waals surface area contributed by atoms with Crippen LogP contribution in [0.5, 0.6) is 5.75 Å². The van der Waals surface area contributed by atoms with Crippen LogP contribution in [0.1, 0.15) is 12.8 Å². The Hall–Kier alpha value is -1.14. The van der Waals surface area contributed by atoms with Crippen LogP contribution in [0.2, 0.25) is 0 Å². The third kappa shape index (κ3) is 4.80. The number of carbonyl (C=O) groups is 1. The van der Waals surface area contributed by atoms with Gasteiger partial charge in [0.2, 0.25) is 0 Å². The standard InChI is InChI=1S/C13H15BrFNO3/c14-9-5-10(15)7-12(6-9)19-8-13(17)16-11-1-3-18-4-2-11/h5-7,11H,1-4,8H2,(H,16,17). The first-order valence-corrected chi connectivity index (χ1v) is 6.89. The number of hydrogen-bond acceptors (Lipinski definition) is 3. The predicted octanol–water partition coefficient (Wildman–Crippen LogP) is 2.26. The van der Waals surface area contributed by atoms with Gasteiger partial charge in [0.05, 0.1) is 0 Å². The van der Waals surface area contributed by atoms with Crippen molar-refractivity contribution in [3.05, 3.63) is 28.5 Å². The summed E-state index contributed by atoms with van der Waals surface area (Å²) in [6, 6.07) is 4.33. The fourth-order valence-corrected chi connectivity index (χ4v) is 2.32. The molecule has 19 heavy (non-hydrogen) atoms. The summed E-state index contributed by atoms with van der Waals surface area (Å²) in [6.07, 6.45) is 1.63. The van der Waals surface area contributed by atoms with E-state index >= 15 is 0 Å². The van der Waals surface area contributed by atoms with Crippen molar-refractivity contribution in [1.82, 2.24) is 5.32 Å². The zero-order valence-corrected chi connectivity index (χ0v) is 11.9. The molecular weight excluding hydrogens is 317 g/mol. The molecule has 1 amide bonds. The number of carbonyl (C=O) groups excluding carboxylic acids is 1. The van der Waals surface area contributed by atoms with Crippen molar-refractivity contribution in [3.8, 4) is 5.75 Å². The minimum absolute atomic E-state index is 0.118. The van der Waals surface area contributed by atoms with E-state index in [-0.39, 0.29) is 18.6 Å². The smallest absolute Gasteiger partial charge is 0.258 e. The summed E-state index contributed by atoms with van der Waals surface area (Å²) >= 11 is 3.17. The molecule has 0 spiro atoms. The highest BCUT2D eigenvalue weighted by atomic mass is 79.9. The number of benzene rings is 1. The molecule has 0 saturated carbocycles. The summed E-state index contributed by atoms with van der Waals surface area (Å²) in [5, 5.41) is 2.87. The van der Waals surface area contributed by atoms with Gasteiger partial charge in [-0.25, -0.2) is 4.39 Å². The van der Waals surface area contributed by atoms with Gasteiger partial charge in [-0.1, -0.05) is 15.9 Å². The minimum atomic E-state index is -0.408. The summed E-state index contributed by atoms with van der Waals surface area (Å²) in [6.45, 7) is 1.22. The second kappa shape index (κ2) is 6.86. The summed E-state index contributed by atoms with van der Waals surface area (Å²) in [7, 11) is 0. The molecule has 0 bridgehead atoms. The molecule has 1 aliphatic rings. The lowest BCUT2D eigenvalue weighted by atomic mass is 10.1. The van der Waals surface area contributed by atoms with Crippen LogP contribution in [0.25, 0.3) is 0 Å². The average molecular weight is 332 g/mol.